The Morgan fingerprint density at radius 2 is 2.06 bits per heavy atom. The second kappa shape index (κ2) is 6.19. The first-order valence-electron chi connectivity index (χ1n) is 5.73. The third kappa shape index (κ3) is 3.22. The Bertz CT molecular complexity index is 514. The Morgan fingerprint density at radius 1 is 1.22 bits per heavy atom. The molecule has 0 aliphatic heterocycles. The van der Waals surface area contributed by atoms with Gasteiger partial charge in [0.1, 0.15) is 0 Å². The Morgan fingerprint density at radius 3 is 2.67 bits per heavy atom. The molecule has 1 N–H and O–H groups in total. The zero-order chi connectivity index (χ0) is 13.0. The predicted molar refractivity (Wildman–Crippen MR) is 76.2 cm³/mol. The van der Waals surface area contributed by atoms with Gasteiger partial charge in [0.2, 0.25) is 0 Å². The van der Waals surface area contributed by atoms with E-state index in [4.69, 9.17) is 23.2 Å². The fourth-order valence-corrected chi connectivity index (χ4v) is 2.33. The first-order valence-corrected chi connectivity index (χ1v) is 6.48. The van der Waals surface area contributed by atoms with Crippen molar-refractivity contribution in [3.63, 3.8) is 0 Å². The zero-order valence-electron chi connectivity index (χ0n) is 10.0. The number of hydrogen-bond acceptors (Lipinski definition) is 2. The van der Waals surface area contributed by atoms with E-state index >= 15 is 0 Å². The van der Waals surface area contributed by atoms with Crippen LogP contribution in [0.15, 0.2) is 42.6 Å². The van der Waals surface area contributed by atoms with Crippen molar-refractivity contribution in [2.24, 2.45) is 0 Å². The Hall–Kier alpha value is -1.09. The van der Waals surface area contributed by atoms with E-state index in [0.717, 1.165) is 17.7 Å². The van der Waals surface area contributed by atoms with E-state index < -0.39 is 0 Å². The highest BCUT2D eigenvalue weighted by Gasteiger charge is 2.13. The lowest BCUT2D eigenvalue weighted by Crippen LogP contribution is -2.20. The van der Waals surface area contributed by atoms with Gasteiger partial charge in [0.25, 0.3) is 0 Å². The Labute approximate surface area is 117 Å². The topological polar surface area (TPSA) is 24.9 Å². The van der Waals surface area contributed by atoms with Crippen LogP contribution in [0, 0.1) is 0 Å². The summed E-state index contributed by atoms with van der Waals surface area (Å²) in [4.78, 5) is 4.36. The number of nitrogens with one attached hydrogen (secondary N) is 1. The van der Waals surface area contributed by atoms with Gasteiger partial charge in [-0.15, -0.1) is 0 Å². The molecular formula is C14H14Cl2N2. The molecule has 1 heterocycles. The van der Waals surface area contributed by atoms with Gasteiger partial charge < -0.3 is 5.32 Å². The van der Waals surface area contributed by atoms with Gasteiger partial charge in [-0.25, -0.2) is 0 Å². The first kappa shape index (κ1) is 13.3. The molecule has 0 fully saturated rings. The minimum absolute atomic E-state index is 0.143. The van der Waals surface area contributed by atoms with Crippen molar-refractivity contribution in [3.05, 3.63) is 63.9 Å². The predicted octanol–water partition coefficient (Wildman–Crippen LogP) is 3.89. The van der Waals surface area contributed by atoms with Crippen molar-refractivity contribution in [2.75, 3.05) is 7.05 Å². The van der Waals surface area contributed by atoms with Crippen molar-refractivity contribution in [1.29, 1.82) is 0 Å². The lowest BCUT2D eigenvalue weighted by Gasteiger charge is -2.16. The highest BCUT2D eigenvalue weighted by atomic mass is 35.5. The standard InChI is InChI=1S/C14H14Cl2N2/c1-17-14(13-4-2-3-7-18-13)8-10-5-6-11(15)9-12(10)16/h2-7,9,14,17H,8H2,1H3. The summed E-state index contributed by atoms with van der Waals surface area (Å²) in [5.41, 5.74) is 2.07. The van der Waals surface area contributed by atoms with Crippen LogP contribution in [0.25, 0.3) is 0 Å². The van der Waals surface area contributed by atoms with Crippen LogP contribution in [0.4, 0.5) is 0 Å². The molecule has 0 spiro atoms. The van der Waals surface area contributed by atoms with Crippen LogP contribution in [0.3, 0.4) is 0 Å². The average Bonchev–Trinajstić information content (AvgIpc) is 2.39. The molecule has 0 saturated carbocycles. The van der Waals surface area contributed by atoms with Crippen LogP contribution < -0.4 is 5.32 Å². The van der Waals surface area contributed by atoms with Gasteiger partial charge in [-0.1, -0.05) is 35.3 Å². The minimum atomic E-state index is 0.143. The number of benzene rings is 1. The van der Waals surface area contributed by atoms with E-state index in [1.54, 1.807) is 12.3 Å². The van der Waals surface area contributed by atoms with E-state index in [9.17, 15) is 0 Å². The van der Waals surface area contributed by atoms with Gasteiger partial charge in [0, 0.05) is 16.2 Å². The van der Waals surface area contributed by atoms with Crippen LogP contribution in [0.2, 0.25) is 10.0 Å². The summed E-state index contributed by atoms with van der Waals surface area (Å²) in [7, 11) is 1.92. The van der Waals surface area contributed by atoms with Gasteiger partial charge in [-0.2, -0.15) is 0 Å². The van der Waals surface area contributed by atoms with Gasteiger partial charge >= 0.3 is 0 Å². The number of aromatic nitrogens is 1. The molecule has 18 heavy (non-hydrogen) atoms. The Balaban J connectivity index is 2.21. The van der Waals surface area contributed by atoms with E-state index in [-0.39, 0.29) is 6.04 Å². The van der Waals surface area contributed by atoms with Crippen molar-refractivity contribution in [1.82, 2.24) is 10.3 Å². The average molecular weight is 281 g/mol. The molecule has 0 bridgehead atoms. The quantitative estimate of drug-likeness (QED) is 0.919. The van der Waals surface area contributed by atoms with Gasteiger partial charge in [-0.3, -0.25) is 4.98 Å². The second-order valence-electron chi connectivity index (χ2n) is 4.04. The fraction of sp³-hybridized carbons (Fsp3) is 0.214. The highest BCUT2D eigenvalue weighted by Crippen LogP contribution is 2.25. The van der Waals surface area contributed by atoms with Crippen molar-refractivity contribution in [3.8, 4) is 0 Å². The lowest BCUT2D eigenvalue weighted by atomic mass is 10.0. The van der Waals surface area contributed by atoms with Crippen LogP contribution in [-0.2, 0) is 6.42 Å². The Kier molecular flexibility index (Phi) is 4.59. The monoisotopic (exact) mass is 280 g/mol. The highest BCUT2D eigenvalue weighted by molar-refractivity contribution is 6.35. The molecule has 1 unspecified atom stereocenters. The molecule has 0 saturated heterocycles. The van der Waals surface area contributed by atoms with Crippen LogP contribution in [0.5, 0.6) is 0 Å². The van der Waals surface area contributed by atoms with E-state index in [0.29, 0.717) is 10.0 Å². The normalized spacial score (nSPS) is 12.4. The molecule has 0 amide bonds. The van der Waals surface area contributed by atoms with Gasteiger partial charge in [0.05, 0.1) is 11.7 Å². The van der Waals surface area contributed by atoms with E-state index in [1.807, 2.05) is 37.4 Å². The molecule has 0 aliphatic carbocycles. The summed E-state index contributed by atoms with van der Waals surface area (Å²) in [6.07, 6.45) is 2.58. The van der Waals surface area contributed by atoms with Crippen molar-refractivity contribution < 1.29 is 0 Å². The number of likely N-dealkylation sites (N-methyl/N-ethyl adjacent to an activating group) is 1. The molecule has 94 valence electrons. The molecule has 2 nitrogen and oxygen atoms in total. The minimum Gasteiger partial charge on any atom is -0.311 e. The molecule has 1 aromatic carbocycles. The summed E-state index contributed by atoms with van der Waals surface area (Å²) in [5, 5.41) is 4.60. The first-order chi connectivity index (χ1) is 8.70. The van der Waals surface area contributed by atoms with Crippen LogP contribution >= 0.6 is 23.2 Å². The summed E-state index contributed by atoms with van der Waals surface area (Å²) in [6, 6.07) is 11.6. The molecule has 1 atom stereocenters. The summed E-state index contributed by atoms with van der Waals surface area (Å²) in [6.45, 7) is 0. The summed E-state index contributed by atoms with van der Waals surface area (Å²) in [5.74, 6) is 0. The molecule has 0 aliphatic rings. The fourth-order valence-electron chi connectivity index (χ4n) is 1.84. The molecule has 1 aromatic heterocycles. The maximum absolute atomic E-state index is 6.19. The van der Waals surface area contributed by atoms with Crippen LogP contribution in [-0.4, -0.2) is 12.0 Å². The molecular weight excluding hydrogens is 267 g/mol. The van der Waals surface area contributed by atoms with E-state index in [2.05, 4.69) is 10.3 Å². The summed E-state index contributed by atoms with van der Waals surface area (Å²) >= 11 is 12.1. The maximum Gasteiger partial charge on any atom is 0.0576 e. The number of hydrogen-bond donors (Lipinski definition) is 1. The molecule has 4 heteroatoms. The second-order valence-corrected chi connectivity index (χ2v) is 4.88. The van der Waals surface area contributed by atoms with E-state index in [1.165, 1.54) is 0 Å². The number of pyridine rings is 1. The van der Waals surface area contributed by atoms with Crippen molar-refractivity contribution in [2.45, 2.75) is 12.5 Å². The lowest BCUT2D eigenvalue weighted by molar-refractivity contribution is 0.576. The smallest absolute Gasteiger partial charge is 0.0576 e. The molecule has 2 rings (SSSR count). The summed E-state index contributed by atoms with van der Waals surface area (Å²) < 4.78 is 0. The molecule has 0 radical (unpaired) electrons. The number of rotatable bonds is 4. The van der Waals surface area contributed by atoms with Crippen molar-refractivity contribution >= 4 is 23.2 Å². The maximum atomic E-state index is 6.19. The SMILES string of the molecule is CNC(Cc1ccc(Cl)cc1Cl)c1ccccn1. The number of nitrogens with zero attached hydrogens (tertiary/aromatic N) is 1. The third-order valence-corrected chi connectivity index (χ3v) is 3.42. The van der Waals surface area contributed by atoms with Gasteiger partial charge in [-0.05, 0) is 43.3 Å². The largest absolute Gasteiger partial charge is 0.311 e. The third-order valence-electron chi connectivity index (χ3n) is 2.83. The zero-order valence-corrected chi connectivity index (χ0v) is 11.5. The van der Waals surface area contributed by atoms with Crippen LogP contribution in [0.1, 0.15) is 17.3 Å². The number of halogens is 2. The van der Waals surface area contributed by atoms with Gasteiger partial charge in [0.15, 0.2) is 0 Å². The molecule has 2 aromatic rings.